The fourth-order valence-electron chi connectivity index (χ4n) is 5.88. The van der Waals surface area contributed by atoms with Crippen LogP contribution in [0.1, 0.15) is 0 Å². The molecule has 8 aromatic rings. The van der Waals surface area contributed by atoms with E-state index in [1.165, 1.54) is 63.9 Å². The summed E-state index contributed by atoms with van der Waals surface area (Å²) in [6.07, 6.45) is 0. The molecule has 3 heteroatoms. The number of para-hydroxylation sites is 4. The third kappa shape index (κ3) is 3.63. The zero-order valence-electron chi connectivity index (χ0n) is 21.2. The van der Waals surface area contributed by atoms with Crippen molar-refractivity contribution in [2.24, 2.45) is 0 Å². The molecule has 0 aliphatic carbocycles. The molecule has 0 aliphatic rings. The van der Waals surface area contributed by atoms with Gasteiger partial charge in [0.25, 0.3) is 0 Å². The Morgan fingerprint density at radius 3 is 1.18 bits per heavy atom. The van der Waals surface area contributed by atoms with Gasteiger partial charge in [-0.05, 0) is 0 Å². The quantitative estimate of drug-likeness (QED) is 0.196. The minimum atomic E-state index is 0.189. The van der Waals surface area contributed by atoms with E-state index in [-0.39, 0.29) is 15.0 Å². The van der Waals surface area contributed by atoms with E-state index >= 15 is 0 Å². The number of rotatable bonds is 4. The van der Waals surface area contributed by atoms with E-state index in [2.05, 4.69) is 155 Å². The molecule has 0 bridgehead atoms. The fraction of sp³-hybridized carbons (Fsp3) is 0. The summed E-state index contributed by atoms with van der Waals surface area (Å²) in [5, 5.41) is 5.23. The molecule has 0 spiro atoms. The predicted octanol–water partition coefficient (Wildman–Crippen LogP) is 7.54. The Labute approximate surface area is 232 Å². The van der Waals surface area contributed by atoms with Gasteiger partial charge in [-0.3, -0.25) is 0 Å². The van der Waals surface area contributed by atoms with Gasteiger partial charge in [0.15, 0.2) is 0 Å². The summed E-state index contributed by atoms with van der Waals surface area (Å²) in [5.41, 5.74) is 7.40. The molecule has 0 saturated carbocycles. The normalized spacial score (nSPS) is 11.7. The Morgan fingerprint density at radius 1 is 0.333 bits per heavy atom. The van der Waals surface area contributed by atoms with Gasteiger partial charge in [0.1, 0.15) is 0 Å². The first-order chi connectivity index (χ1) is 19.3. The Kier molecular flexibility index (Phi) is 5.19. The van der Waals surface area contributed by atoms with Crippen LogP contribution in [0, 0.1) is 0 Å². The second kappa shape index (κ2) is 9.03. The van der Waals surface area contributed by atoms with Gasteiger partial charge < -0.3 is 0 Å². The summed E-state index contributed by atoms with van der Waals surface area (Å²) >= 11 is 0.189. The first-order valence-corrected chi connectivity index (χ1v) is 14.9. The van der Waals surface area contributed by atoms with Gasteiger partial charge in [-0.25, -0.2) is 0 Å². The molecular weight excluding hydrogens is 539 g/mol. The van der Waals surface area contributed by atoms with Crippen LogP contribution in [-0.2, 0) is 0 Å². The zero-order valence-corrected chi connectivity index (χ0v) is 22.9. The number of fused-ring (bicyclic) bond motifs is 6. The molecule has 0 amide bonds. The Bertz CT molecular complexity index is 1980. The third-order valence-corrected chi connectivity index (χ3v) is 9.61. The van der Waals surface area contributed by atoms with Crippen LogP contribution >= 0.6 is 0 Å². The molecule has 0 saturated heterocycles. The molecule has 0 atom stereocenters. The van der Waals surface area contributed by atoms with E-state index in [0.29, 0.717) is 0 Å². The molecule has 6 aromatic carbocycles. The third-order valence-electron chi connectivity index (χ3n) is 7.55. The first-order valence-electron chi connectivity index (χ1n) is 13.2. The van der Waals surface area contributed by atoms with Crippen molar-refractivity contribution in [3.63, 3.8) is 0 Å². The van der Waals surface area contributed by atoms with Gasteiger partial charge in [0, 0.05) is 0 Å². The van der Waals surface area contributed by atoms with Crippen molar-refractivity contribution in [1.29, 1.82) is 0 Å². The maximum atomic E-state index is 2.41. The molecule has 184 valence electrons. The van der Waals surface area contributed by atoms with E-state index in [1.54, 1.807) is 0 Å². The molecule has 2 heterocycles. The summed E-state index contributed by atoms with van der Waals surface area (Å²) in [6, 6.07) is 52.9. The molecule has 0 radical (unpaired) electrons. The molecule has 0 aliphatic heterocycles. The second-order valence-corrected chi connectivity index (χ2v) is 12.2. The molecule has 2 aromatic heterocycles. The van der Waals surface area contributed by atoms with Crippen LogP contribution in [0.4, 0.5) is 0 Å². The molecule has 8 rings (SSSR count). The second-order valence-electron chi connectivity index (χ2n) is 9.84. The standard InChI is InChI=1S/C36H24N2Se/c1-3-11-25(12-4-1)37-33-17-9-7-15-29(33)31-23-27(19-21-35(31)37)39-28-20-22-36-32(24-28)30-16-8-10-18-34(30)38(36)26-13-5-2-6-14-26/h1-24H. The van der Waals surface area contributed by atoms with Crippen molar-refractivity contribution in [1.82, 2.24) is 9.13 Å². The SMILES string of the molecule is c1ccc(-n2c3ccccc3c3cc([Se]c4ccc5c(c4)c4ccccc4n5-c4ccccc4)ccc32)cc1. The topological polar surface area (TPSA) is 9.86 Å². The molecule has 0 N–H and O–H groups in total. The predicted molar refractivity (Wildman–Crippen MR) is 167 cm³/mol. The summed E-state index contributed by atoms with van der Waals surface area (Å²) in [5.74, 6) is 0. The van der Waals surface area contributed by atoms with Crippen molar-refractivity contribution in [2.45, 2.75) is 0 Å². The molecule has 0 fully saturated rings. The van der Waals surface area contributed by atoms with Crippen molar-refractivity contribution in [2.75, 3.05) is 0 Å². The fourth-order valence-corrected chi connectivity index (χ4v) is 7.76. The van der Waals surface area contributed by atoms with Crippen LogP contribution in [0.15, 0.2) is 146 Å². The summed E-state index contributed by atoms with van der Waals surface area (Å²) in [4.78, 5) is 0. The summed E-state index contributed by atoms with van der Waals surface area (Å²) in [7, 11) is 0. The van der Waals surface area contributed by atoms with E-state index in [1.807, 2.05) is 0 Å². The van der Waals surface area contributed by atoms with Crippen LogP contribution in [0.5, 0.6) is 0 Å². The number of aromatic nitrogens is 2. The minimum absolute atomic E-state index is 0.189. The van der Waals surface area contributed by atoms with Gasteiger partial charge in [-0.2, -0.15) is 0 Å². The summed E-state index contributed by atoms with van der Waals surface area (Å²) < 4.78 is 7.53. The monoisotopic (exact) mass is 564 g/mol. The van der Waals surface area contributed by atoms with E-state index in [9.17, 15) is 0 Å². The summed E-state index contributed by atoms with van der Waals surface area (Å²) in [6.45, 7) is 0. The van der Waals surface area contributed by atoms with Crippen LogP contribution in [0.3, 0.4) is 0 Å². The van der Waals surface area contributed by atoms with Crippen molar-refractivity contribution < 1.29 is 0 Å². The van der Waals surface area contributed by atoms with E-state index in [0.717, 1.165) is 0 Å². The van der Waals surface area contributed by atoms with E-state index in [4.69, 9.17) is 0 Å². The van der Waals surface area contributed by atoms with Crippen LogP contribution < -0.4 is 8.92 Å². The molecule has 0 unspecified atom stereocenters. The Hall–Kier alpha value is -4.56. The maximum absolute atomic E-state index is 2.41. The van der Waals surface area contributed by atoms with Gasteiger partial charge in [0.2, 0.25) is 0 Å². The molecule has 39 heavy (non-hydrogen) atoms. The van der Waals surface area contributed by atoms with Crippen molar-refractivity contribution in [3.8, 4) is 11.4 Å². The average molecular weight is 564 g/mol. The first kappa shape index (κ1) is 22.4. The van der Waals surface area contributed by atoms with Gasteiger partial charge in [-0.1, -0.05) is 0 Å². The Balaban J connectivity index is 1.26. The number of nitrogens with zero attached hydrogens (tertiary/aromatic N) is 2. The number of hydrogen-bond acceptors (Lipinski definition) is 0. The van der Waals surface area contributed by atoms with Crippen LogP contribution in [0.2, 0.25) is 0 Å². The van der Waals surface area contributed by atoms with E-state index < -0.39 is 0 Å². The Morgan fingerprint density at radius 2 is 0.718 bits per heavy atom. The molecular formula is C36H24N2Se. The average Bonchev–Trinajstić information content (AvgIpc) is 3.50. The zero-order chi connectivity index (χ0) is 25.8. The van der Waals surface area contributed by atoms with Crippen molar-refractivity contribution >= 4 is 67.5 Å². The number of hydrogen-bond donors (Lipinski definition) is 0. The van der Waals surface area contributed by atoms with Crippen LogP contribution in [-0.4, -0.2) is 24.1 Å². The van der Waals surface area contributed by atoms with Gasteiger partial charge in [-0.15, -0.1) is 0 Å². The van der Waals surface area contributed by atoms with Gasteiger partial charge in [0.05, 0.1) is 0 Å². The van der Waals surface area contributed by atoms with Crippen LogP contribution in [0.25, 0.3) is 55.0 Å². The number of benzene rings is 6. The van der Waals surface area contributed by atoms with Crippen molar-refractivity contribution in [3.05, 3.63) is 146 Å². The van der Waals surface area contributed by atoms with Gasteiger partial charge >= 0.3 is 234 Å². The molecule has 2 nitrogen and oxygen atoms in total.